The molecule has 3 rings (SSSR count). The minimum atomic E-state index is 0.481. The van der Waals surface area contributed by atoms with E-state index in [9.17, 15) is 0 Å². The number of likely N-dealkylation sites (tertiary alicyclic amines) is 1. The Labute approximate surface area is 119 Å². The molecule has 3 nitrogen and oxygen atoms in total. The SMILES string of the molecule is C=C1C=C(Cl)C(C2CCN(C3COC3)CC2)=CC1=N. The molecule has 102 valence electrons. The Kier molecular flexibility index (Phi) is 3.61. The van der Waals surface area contributed by atoms with Gasteiger partial charge < -0.3 is 10.1 Å². The number of allylic oxidation sites excluding steroid dienone is 5. The fourth-order valence-corrected chi connectivity index (χ4v) is 3.29. The van der Waals surface area contributed by atoms with Gasteiger partial charge in [-0.05, 0) is 55.1 Å². The second kappa shape index (κ2) is 5.23. The molecule has 2 saturated heterocycles. The Morgan fingerprint density at radius 2 is 1.95 bits per heavy atom. The Hall–Kier alpha value is -0.900. The van der Waals surface area contributed by atoms with Crippen LogP contribution in [-0.4, -0.2) is 43.0 Å². The monoisotopic (exact) mass is 278 g/mol. The summed E-state index contributed by atoms with van der Waals surface area (Å²) in [6.07, 6.45) is 5.96. The highest BCUT2D eigenvalue weighted by Crippen LogP contribution is 2.35. The number of ether oxygens (including phenoxy) is 1. The van der Waals surface area contributed by atoms with Crippen LogP contribution in [0.4, 0.5) is 0 Å². The molecule has 0 spiro atoms. The van der Waals surface area contributed by atoms with E-state index >= 15 is 0 Å². The maximum atomic E-state index is 7.87. The van der Waals surface area contributed by atoms with Gasteiger partial charge in [-0.3, -0.25) is 4.90 Å². The van der Waals surface area contributed by atoms with Crippen LogP contribution in [0.15, 0.2) is 34.9 Å². The largest absolute Gasteiger partial charge is 0.378 e. The van der Waals surface area contributed by atoms with E-state index in [1.165, 1.54) is 0 Å². The average Bonchev–Trinajstić information content (AvgIpc) is 2.33. The maximum absolute atomic E-state index is 7.87. The standard InChI is InChI=1S/C15H19ClN2O/c1-10-6-14(16)13(7-15(10)17)11-2-4-18(5-3-11)12-8-19-9-12/h6-7,11-12,17H,1-5,8-9H2. The molecule has 1 N–H and O–H groups in total. The van der Waals surface area contributed by atoms with Crippen molar-refractivity contribution < 1.29 is 4.74 Å². The first-order valence-electron chi connectivity index (χ1n) is 6.84. The molecule has 3 aliphatic rings. The van der Waals surface area contributed by atoms with E-state index in [1.807, 2.05) is 12.2 Å². The van der Waals surface area contributed by atoms with Gasteiger partial charge in [-0.2, -0.15) is 0 Å². The van der Waals surface area contributed by atoms with Crippen LogP contribution in [0.5, 0.6) is 0 Å². The highest BCUT2D eigenvalue weighted by molar-refractivity contribution is 6.34. The third-order valence-electron chi connectivity index (χ3n) is 4.33. The minimum Gasteiger partial charge on any atom is -0.378 e. The zero-order valence-corrected chi connectivity index (χ0v) is 11.7. The van der Waals surface area contributed by atoms with Crippen molar-refractivity contribution in [2.45, 2.75) is 18.9 Å². The van der Waals surface area contributed by atoms with E-state index in [1.54, 1.807) is 0 Å². The zero-order chi connectivity index (χ0) is 13.4. The molecular formula is C15H19ClN2O. The van der Waals surface area contributed by atoms with Gasteiger partial charge in [0.25, 0.3) is 0 Å². The van der Waals surface area contributed by atoms with E-state index in [2.05, 4.69) is 11.5 Å². The van der Waals surface area contributed by atoms with Crippen LogP contribution in [-0.2, 0) is 4.74 Å². The Bertz CT molecular complexity index is 469. The number of hydrogen-bond acceptors (Lipinski definition) is 3. The number of halogens is 1. The molecule has 0 bridgehead atoms. The number of piperidine rings is 1. The molecule has 0 amide bonds. The highest BCUT2D eigenvalue weighted by Gasteiger charge is 2.31. The summed E-state index contributed by atoms with van der Waals surface area (Å²) >= 11 is 6.32. The van der Waals surface area contributed by atoms with Crippen LogP contribution in [0.25, 0.3) is 0 Å². The van der Waals surface area contributed by atoms with Crippen LogP contribution >= 0.6 is 11.6 Å². The third-order valence-corrected chi connectivity index (χ3v) is 4.66. The Balaban J connectivity index is 1.65. The number of nitrogens with zero attached hydrogens (tertiary/aromatic N) is 1. The Morgan fingerprint density at radius 3 is 2.53 bits per heavy atom. The highest BCUT2D eigenvalue weighted by atomic mass is 35.5. The molecule has 0 unspecified atom stereocenters. The van der Waals surface area contributed by atoms with Gasteiger partial charge in [-0.1, -0.05) is 18.2 Å². The van der Waals surface area contributed by atoms with Gasteiger partial charge in [0.15, 0.2) is 0 Å². The first-order chi connectivity index (χ1) is 9.15. The van der Waals surface area contributed by atoms with Crippen LogP contribution in [0.3, 0.4) is 0 Å². The molecule has 1 aliphatic carbocycles. The van der Waals surface area contributed by atoms with Gasteiger partial charge in [0, 0.05) is 5.03 Å². The van der Waals surface area contributed by atoms with Crippen molar-refractivity contribution in [2.24, 2.45) is 5.92 Å². The van der Waals surface area contributed by atoms with Crippen LogP contribution in [0.2, 0.25) is 0 Å². The molecule has 0 saturated carbocycles. The van der Waals surface area contributed by atoms with E-state index in [4.69, 9.17) is 21.7 Å². The molecular weight excluding hydrogens is 260 g/mol. The summed E-state index contributed by atoms with van der Waals surface area (Å²) in [6, 6.07) is 0.630. The smallest absolute Gasteiger partial charge is 0.0645 e. The van der Waals surface area contributed by atoms with E-state index in [0.29, 0.717) is 23.2 Å². The molecule has 2 heterocycles. The number of rotatable bonds is 2. The lowest BCUT2D eigenvalue weighted by molar-refractivity contribution is -0.0724. The fraction of sp³-hybridized carbons (Fsp3) is 0.533. The second-order valence-electron chi connectivity index (χ2n) is 5.53. The lowest BCUT2D eigenvalue weighted by atomic mass is 9.84. The van der Waals surface area contributed by atoms with Gasteiger partial charge in [-0.15, -0.1) is 0 Å². The summed E-state index contributed by atoms with van der Waals surface area (Å²) in [6.45, 7) is 7.81. The normalized spacial score (nSPS) is 27.0. The summed E-state index contributed by atoms with van der Waals surface area (Å²) < 4.78 is 5.25. The molecule has 19 heavy (non-hydrogen) atoms. The molecule has 0 aromatic heterocycles. The van der Waals surface area contributed by atoms with Crippen molar-refractivity contribution >= 4 is 17.3 Å². The summed E-state index contributed by atoms with van der Waals surface area (Å²) in [5.41, 5.74) is 2.33. The van der Waals surface area contributed by atoms with Crippen LogP contribution in [0.1, 0.15) is 12.8 Å². The predicted octanol–water partition coefficient (Wildman–Crippen LogP) is 2.74. The maximum Gasteiger partial charge on any atom is 0.0645 e. The number of hydrogen-bond donors (Lipinski definition) is 1. The molecule has 0 atom stereocenters. The lowest BCUT2D eigenvalue weighted by Gasteiger charge is -2.42. The molecule has 4 heteroatoms. The zero-order valence-electron chi connectivity index (χ0n) is 11.0. The topological polar surface area (TPSA) is 36.3 Å². The van der Waals surface area contributed by atoms with Crippen molar-refractivity contribution in [1.82, 2.24) is 4.90 Å². The molecule has 0 aromatic carbocycles. The van der Waals surface area contributed by atoms with Gasteiger partial charge in [-0.25, -0.2) is 0 Å². The van der Waals surface area contributed by atoms with E-state index < -0.39 is 0 Å². The van der Waals surface area contributed by atoms with Crippen molar-refractivity contribution in [1.29, 1.82) is 5.41 Å². The fourth-order valence-electron chi connectivity index (χ4n) is 2.95. The van der Waals surface area contributed by atoms with E-state index in [0.717, 1.165) is 49.8 Å². The average molecular weight is 279 g/mol. The summed E-state index contributed by atoms with van der Waals surface area (Å²) in [5, 5.41) is 8.64. The predicted molar refractivity (Wildman–Crippen MR) is 77.8 cm³/mol. The molecule has 2 fully saturated rings. The van der Waals surface area contributed by atoms with Crippen molar-refractivity contribution in [3.63, 3.8) is 0 Å². The van der Waals surface area contributed by atoms with Crippen LogP contribution in [0, 0.1) is 11.3 Å². The van der Waals surface area contributed by atoms with Crippen molar-refractivity contribution in [2.75, 3.05) is 26.3 Å². The minimum absolute atomic E-state index is 0.481. The lowest BCUT2D eigenvalue weighted by Crippen LogP contribution is -2.51. The molecule has 2 aliphatic heterocycles. The van der Waals surface area contributed by atoms with Gasteiger partial charge in [0.2, 0.25) is 0 Å². The Morgan fingerprint density at radius 1 is 1.26 bits per heavy atom. The summed E-state index contributed by atoms with van der Waals surface area (Å²) in [7, 11) is 0. The number of nitrogens with one attached hydrogen (secondary N) is 1. The van der Waals surface area contributed by atoms with E-state index in [-0.39, 0.29) is 0 Å². The molecule has 0 radical (unpaired) electrons. The second-order valence-corrected chi connectivity index (χ2v) is 5.94. The first kappa shape index (κ1) is 13.1. The first-order valence-corrected chi connectivity index (χ1v) is 7.21. The quantitative estimate of drug-likeness (QED) is 0.843. The van der Waals surface area contributed by atoms with Gasteiger partial charge in [0.05, 0.1) is 25.0 Å². The van der Waals surface area contributed by atoms with Gasteiger partial charge >= 0.3 is 0 Å². The van der Waals surface area contributed by atoms with Crippen LogP contribution < -0.4 is 0 Å². The van der Waals surface area contributed by atoms with Crippen molar-refractivity contribution in [3.05, 3.63) is 34.9 Å². The third kappa shape index (κ3) is 2.55. The van der Waals surface area contributed by atoms with Crippen molar-refractivity contribution in [3.8, 4) is 0 Å². The van der Waals surface area contributed by atoms with Gasteiger partial charge in [0.1, 0.15) is 0 Å². The summed E-state index contributed by atoms with van der Waals surface area (Å²) in [4.78, 5) is 2.52. The molecule has 0 aromatic rings. The summed E-state index contributed by atoms with van der Waals surface area (Å²) in [5.74, 6) is 0.481.